The summed E-state index contributed by atoms with van der Waals surface area (Å²) in [4.78, 5) is 0. The van der Waals surface area contributed by atoms with Crippen molar-refractivity contribution < 1.29 is 9.13 Å². The van der Waals surface area contributed by atoms with E-state index in [0.717, 1.165) is 17.7 Å². The molecule has 0 aliphatic carbocycles. The number of hydrogen-bond donors (Lipinski definition) is 2. The van der Waals surface area contributed by atoms with Crippen LogP contribution in [0.2, 0.25) is 5.02 Å². The maximum Gasteiger partial charge on any atom is 0.171 e. The SMILES string of the molecule is CCC(NC(=S)Nc1ccc(F)c(Cl)c1)c1ccc(OC)cc1. The molecule has 0 amide bonds. The van der Waals surface area contributed by atoms with E-state index in [1.807, 2.05) is 24.3 Å². The van der Waals surface area contributed by atoms with Gasteiger partial charge in [-0.2, -0.15) is 0 Å². The second kappa shape index (κ2) is 8.13. The number of halogens is 2. The molecule has 0 heterocycles. The summed E-state index contributed by atoms with van der Waals surface area (Å²) in [6, 6.07) is 12.3. The van der Waals surface area contributed by atoms with Crippen LogP contribution in [0.25, 0.3) is 0 Å². The maximum atomic E-state index is 13.2. The van der Waals surface area contributed by atoms with Crippen molar-refractivity contribution in [3.8, 4) is 5.75 Å². The minimum absolute atomic E-state index is 0.0556. The maximum absolute atomic E-state index is 13.2. The molecule has 6 heteroatoms. The zero-order valence-corrected chi connectivity index (χ0v) is 14.5. The molecule has 122 valence electrons. The molecule has 0 radical (unpaired) electrons. The highest BCUT2D eigenvalue weighted by Crippen LogP contribution is 2.22. The van der Waals surface area contributed by atoms with Crippen molar-refractivity contribution in [2.24, 2.45) is 0 Å². The molecule has 2 aromatic rings. The van der Waals surface area contributed by atoms with E-state index in [4.69, 9.17) is 28.6 Å². The van der Waals surface area contributed by atoms with Crippen molar-refractivity contribution >= 4 is 34.6 Å². The molecule has 2 N–H and O–H groups in total. The van der Waals surface area contributed by atoms with Crippen LogP contribution in [0.5, 0.6) is 5.75 Å². The number of ether oxygens (including phenoxy) is 1. The van der Waals surface area contributed by atoms with Gasteiger partial charge in [0.15, 0.2) is 5.11 Å². The van der Waals surface area contributed by atoms with Gasteiger partial charge in [0.1, 0.15) is 11.6 Å². The number of methoxy groups -OCH3 is 1. The van der Waals surface area contributed by atoms with E-state index in [1.54, 1.807) is 13.2 Å². The van der Waals surface area contributed by atoms with Crippen LogP contribution in [0, 0.1) is 5.82 Å². The first kappa shape index (κ1) is 17.5. The molecule has 2 rings (SSSR count). The number of hydrogen-bond acceptors (Lipinski definition) is 2. The summed E-state index contributed by atoms with van der Waals surface area (Å²) >= 11 is 11.1. The second-order valence-electron chi connectivity index (χ2n) is 4.96. The van der Waals surface area contributed by atoms with Gasteiger partial charge in [0.2, 0.25) is 0 Å². The van der Waals surface area contributed by atoms with Gasteiger partial charge < -0.3 is 15.4 Å². The Labute approximate surface area is 145 Å². The monoisotopic (exact) mass is 352 g/mol. The van der Waals surface area contributed by atoms with Gasteiger partial charge in [0.25, 0.3) is 0 Å². The van der Waals surface area contributed by atoms with E-state index in [-0.39, 0.29) is 11.1 Å². The summed E-state index contributed by atoms with van der Waals surface area (Å²) in [5.41, 5.74) is 1.74. The Morgan fingerprint density at radius 2 is 1.96 bits per heavy atom. The highest BCUT2D eigenvalue weighted by atomic mass is 35.5. The van der Waals surface area contributed by atoms with E-state index in [1.165, 1.54) is 12.1 Å². The fourth-order valence-corrected chi connectivity index (χ4v) is 2.60. The standard InChI is InChI=1S/C17H18ClFN2OS/c1-3-16(11-4-7-13(22-2)8-5-11)21-17(23)20-12-6-9-15(19)14(18)10-12/h4-10,16H,3H2,1-2H3,(H2,20,21,23). The highest BCUT2D eigenvalue weighted by molar-refractivity contribution is 7.80. The molecule has 0 aromatic heterocycles. The summed E-state index contributed by atoms with van der Waals surface area (Å²) in [7, 11) is 1.64. The van der Waals surface area contributed by atoms with Gasteiger partial charge in [-0.15, -0.1) is 0 Å². The lowest BCUT2D eigenvalue weighted by atomic mass is 10.0. The first-order valence-electron chi connectivity index (χ1n) is 7.20. The number of nitrogens with one attached hydrogen (secondary N) is 2. The van der Waals surface area contributed by atoms with Crippen LogP contribution in [0.15, 0.2) is 42.5 Å². The lowest BCUT2D eigenvalue weighted by Crippen LogP contribution is -2.32. The van der Waals surface area contributed by atoms with Gasteiger partial charge >= 0.3 is 0 Å². The van der Waals surface area contributed by atoms with Gasteiger partial charge in [0, 0.05) is 5.69 Å². The van der Waals surface area contributed by atoms with E-state index >= 15 is 0 Å². The fraction of sp³-hybridized carbons (Fsp3) is 0.235. The van der Waals surface area contributed by atoms with Crippen LogP contribution < -0.4 is 15.4 Å². The Balaban J connectivity index is 2.02. The molecular formula is C17H18ClFN2OS. The molecule has 0 aliphatic rings. The Bertz CT molecular complexity index is 679. The van der Waals surface area contributed by atoms with Crippen LogP contribution in [0.1, 0.15) is 24.9 Å². The predicted molar refractivity (Wildman–Crippen MR) is 96.8 cm³/mol. The second-order valence-corrected chi connectivity index (χ2v) is 5.78. The molecule has 0 fully saturated rings. The summed E-state index contributed by atoms with van der Waals surface area (Å²) < 4.78 is 18.3. The van der Waals surface area contributed by atoms with Crippen molar-refractivity contribution in [3.63, 3.8) is 0 Å². The lowest BCUT2D eigenvalue weighted by Gasteiger charge is -2.20. The molecule has 0 aliphatic heterocycles. The Kier molecular flexibility index (Phi) is 6.19. The van der Waals surface area contributed by atoms with Crippen LogP contribution in [0.3, 0.4) is 0 Å². The third-order valence-electron chi connectivity index (χ3n) is 3.41. The number of benzene rings is 2. The molecule has 2 aromatic carbocycles. The lowest BCUT2D eigenvalue weighted by molar-refractivity contribution is 0.414. The van der Waals surface area contributed by atoms with Gasteiger partial charge in [-0.05, 0) is 54.5 Å². The fourth-order valence-electron chi connectivity index (χ4n) is 2.16. The van der Waals surface area contributed by atoms with Crippen molar-refractivity contribution in [2.75, 3.05) is 12.4 Å². The minimum Gasteiger partial charge on any atom is -0.497 e. The Morgan fingerprint density at radius 1 is 1.26 bits per heavy atom. The number of thiocarbonyl (C=S) groups is 1. The molecule has 0 saturated heterocycles. The van der Waals surface area contributed by atoms with Crippen LogP contribution in [-0.4, -0.2) is 12.2 Å². The molecule has 0 spiro atoms. The van der Waals surface area contributed by atoms with Crippen molar-refractivity contribution in [1.29, 1.82) is 0 Å². The number of rotatable bonds is 5. The Hall–Kier alpha value is -1.85. The van der Waals surface area contributed by atoms with Gasteiger partial charge in [-0.25, -0.2) is 4.39 Å². The van der Waals surface area contributed by atoms with E-state index in [0.29, 0.717) is 10.8 Å². The summed E-state index contributed by atoms with van der Waals surface area (Å²) in [5.74, 6) is 0.353. The van der Waals surface area contributed by atoms with Gasteiger partial charge in [-0.3, -0.25) is 0 Å². The van der Waals surface area contributed by atoms with Crippen LogP contribution >= 0.6 is 23.8 Å². The molecule has 1 unspecified atom stereocenters. The average Bonchev–Trinajstić information content (AvgIpc) is 2.56. The first-order chi connectivity index (χ1) is 11.0. The third-order valence-corrected chi connectivity index (χ3v) is 3.92. The molecule has 23 heavy (non-hydrogen) atoms. The summed E-state index contributed by atoms with van der Waals surface area (Å²) in [6.07, 6.45) is 0.859. The third kappa shape index (κ3) is 4.81. The summed E-state index contributed by atoms with van der Waals surface area (Å²) in [5, 5.41) is 6.77. The zero-order valence-electron chi connectivity index (χ0n) is 12.9. The Morgan fingerprint density at radius 3 is 2.52 bits per heavy atom. The largest absolute Gasteiger partial charge is 0.497 e. The van der Waals surface area contributed by atoms with Gasteiger partial charge in [-0.1, -0.05) is 30.7 Å². The molecule has 1 atom stereocenters. The highest BCUT2D eigenvalue weighted by Gasteiger charge is 2.11. The first-order valence-corrected chi connectivity index (χ1v) is 7.98. The van der Waals surface area contributed by atoms with E-state index in [2.05, 4.69) is 17.6 Å². The van der Waals surface area contributed by atoms with Crippen molar-refractivity contribution in [2.45, 2.75) is 19.4 Å². The van der Waals surface area contributed by atoms with Crippen molar-refractivity contribution in [1.82, 2.24) is 5.32 Å². The van der Waals surface area contributed by atoms with Gasteiger partial charge in [0.05, 0.1) is 18.2 Å². The molecule has 3 nitrogen and oxygen atoms in total. The molecule has 0 saturated carbocycles. The van der Waals surface area contributed by atoms with Crippen molar-refractivity contribution in [3.05, 3.63) is 58.9 Å². The normalized spacial score (nSPS) is 11.7. The zero-order chi connectivity index (χ0) is 16.8. The van der Waals surface area contributed by atoms with E-state index < -0.39 is 5.82 Å². The van der Waals surface area contributed by atoms with Crippen LogP contribution in [-0.2, 0) is 0 Å². The minimum atomic E-state index is -0.458. The molecule has 0 bridgehead atoms. The quantitative estimate of drug-likeness (QED) is 0.748. The average molecular weight is 353 g/mol. The topological polar surface area (TPSA) is 33.3 Å². The summed E-state index contributed by atoms with van der Waals surface area (Å²) in [6.45, 7) is 2.07. The van der Waals surface area contributed by atoms with E-state index in [9.17, 15) is 4.39 Å². The number of anilines is 1. The predicted octanol–water partition coefficient (Wildman–Crippen LogP) is 4.93. The smallest absolute Gasteiger partial charge is 0.171 e. The molecular weight excluding hydrogens is 335 g/mol. The van der Waals surface area contributed by atoms with Crippen LogP contribution in [0.4, 0.5) is 10.1 Å².